The molecule has 1 atom stereocenters. The fourth-order valence-corrected chi connectivity index (χ4v) is 1.06. The SMILES string of the molecule is CC(C)C(CN)Nc1ccncn1. The van der Waals surface area contributed by atoms with Crippen LogP contribution in [0.3, 0.4) is 0 Å². The molecule has 0 saturated carbocycles. The fourth-order valence-electron chi connectivity index (χ4n) is 1.06. The number of hydrogen-bond acceptors (Lipinski definition) is 4. The van der Waals surface area contributed by atoms with Crippen LogP contribution < -0.4 is 11.1 Å². The highest BCUT2D eigenvalue weighted by atomic mass is 15.0. The quantitative estimate of drug-likeness (QED) is 0.721. The van der Waals surface area contributed by atoms with Gasteiger partial charge in [0.05, 0.1) is 0 Å². The van der Waals surface area contributed by atoms with Crippen LogP contribution in [0.1, 0.15) is 13.8 Å². The van der Waals surface area contributed by atoms with Crippen molar-refractivity contribution in [3.8, 4) is 0 Å². The third-order valence-corrected chi connectivity index (χ3v) is 1.97. The molecule has 1 aromatic heterocycles. The number of hydrogen-bond donors (Lipinski definition) is 2. The van der Waals surface area contributed by atoms with Gasteiger partial charge in [0.25, 0.3) is 0 Å². The minimum Gasteiger partial charge on any atom is -0.366 e. The topological polar surface area (TPSA) is 63.8 Å². The second kappa shape index (κ2) is 4.77. The number of rotatable bonds is 4. The number of nitrogens with one attached hydrogen (secondary N) is 1. The number of nitrogens with zero attached hydrogens (tertiary/aromatic N) is 2. The summed E-state index contributed by atoms with van der Waals surface area (Å²) < 4.78 is 0. The van der Waals surface area contributed by atoms with Crippen molar-refractivity contribution in [3.63, 3.8) is 0 Å². The van der Waals surface area contributed by atoms with Gasteiger partial charge in [-0.15, -0.1) is 0 Å². The van der Waals surface area contributed by atoms with Crippen LogP contribution in [0.4, 0.5) is 5.82 Å². The van der Waals surface area contributed by atoms with E-state index in [2.05, 4.69) is 29.1 Å². The molecule has 1 rings (SSSR count). The maximum absolute atomic E-state index is 5.62. The molecule has 4 heteroatoms. The van der Waals surface area contributed by atoms with Gasteiger partial charge in [0, 0.05) is 18.8 Å². The van der Waals surface area contributed by atoms with Gasteiger partial charge in [0.1, 0.15) is 12.1 Å². The molecular formula is C9H16N4. The van der Waals surface area contributed by atoms with E-state index in [9.17, 15) is 0 Å². The standard InChI is InChI=1S/C9H16N4/c1-7(2)8(5-10)13-9-3-4-11-6-12-9/h3-4,6-8H,5,10H2,1-2H3,(H,11,12,13). The molecule has 0 aromatic carbocycles. The molecule has 1 aromatic rings. The molecule has 4 nitrogen and oxygen atoms in total. The summed E-state index contributed by atoms with van der Waals surface area (Å²) in [4.78, 5) is 7.91. The summed E-state index contributed by atoms with van der Waals surface area (Å²) in [5.41, 5.74) is 5.62. The molecule has 1 heterocycles. The van der Waals surface area contributed by atoms with E-state index in [4.69, 9.17) is 5.73 Å². The van der Waals surface area contributed by atoms with Gasteiger partial charge >= 0.3 is 0 Å². The summed E-state index contributed by atoms with van der Waals surface area (Å²) in [6, 6.07) is 2.11. The summed E-state index contributed by atoms with van der Waals surface area (Å²) >= 11 is 0. The third kappa shape index (κ3) is 2.99. The minimum absolute atomic E-state index is 0.273. The first-order valence-corrected chi connectivity index (χ1v) is 4.46. The van der Waals surface area contributed by atoms with Gasteiger partial charge in [0.15, 0.2) is 0 Å². The maximum atomic E-state index is 5.62. The van der Waals surface area contributed by atoms with Crippen LogP contribution in [-0.2, 0) is 0 Å². The normalized spacial score (nSPS) is 12.9. The Labute approximate surface area is 78.6 Å². The molecule has 0 aliphatic carbocycles. The van der Waals surface area contributed by atoms with Crippen LogP contribution in [0.5, 0.6) is 0 Å². The van der Waals surface area contributed by atoms with E-state index in [-0.39, 0.29) is 6.04 Å². The van der Waals surface area contributed by atoms with Gasteiger partial charge in [-0.1, -0.05) is 13.8 Å². The van der Waals surface area contributed by atoms with E-state index in [1.54, 1.807) is 6.20 Å². The van der Waals surface area contributed by atoms with Crippen LogP contribution in [-0.4, -0.2) is 22.6 Å². The van der Waals surface area contributed by atoms with Crippen molar-refractivity contribution in [3.05, 3.63) is 18.6 Å². The first-order valence-electron chi connectivity index (χ1n) is 4.46. The van der Waals surface area contributed by atoms with Gasteiger partial charge in [-0.3, -0.25) is 0 Å². The van der Waals surface area contributed by atoms with Crippen molar-refractivity contribution in [2.75, 3.05) is 11.9 Å². The average molecular weight is 180 g/mol. The Kier molecular flexibility index (Phi) is 3.64. The smallest absolute Gasteiger partial charge is 0.129 e. The van der Waals surface area contributed by atoms with Gasteiger partial charge in [-0.25, -0.2) is 9.97 Å². The van der Waals surface area contributed by atoms with Crippen LogP contribution in [0, 0.1) is 5.92 Å². The molecule has 0 amide bonds. The summed E-state index contributed by atoms with van der Waals surface area (Å²) in [6.45, 7) is 4.87. The molecule has 1 unspecified atom stereocenters. The van der Waals surface area contributed by atoms with Gasteiger partial charge in [0.2, 0.25) is 0 Å². The van der Waals surface area contributed by atoms with Crippen molar-refractivity contribution >= 4 is 5.82 Å². The molecule has 0 saturated heterocycles. The molecule has 72 valence electrons. The monoisotopic (exact) mass is 180 g/mol. The van der Waals surface area contributed by atoms with Crippen molar-refractivity contribution in [1.29, 1.82) is 0 Å². The van der Waals surface area contributed by atoms with Crippen molar-refractivity contribution in [2.45, 2.75) is 19.9 Å². The second-order valence-electron chi connectivity index (χ2n) is 3.33. The zero-order valence-electron chi connectivity index (χ0n) is 8.07. The Hall–Kier alpha value is -1.16. The lowest BCUT2D eigenvalue weighted by molar-refractivity contribution is 0.530. The van der Waals surface area contributed by atoms with Gasteiger partial charge < -0.3 is 11.1 Å². The number of aromatic nitrogens is 2. The van der Waals surface area contributed by atoms with Crippen LogP contribution in [0.25, 0.3) is 0 Å². The van der Waals surface area contributed by atoms with E-state index < -0.39 is 0 Å². The molecule has 0 aliphatic heterocycles. The Morgan fingerprint density at radius 3 is 2.77 bits per heavy atom. The van der Waals surface area contributed by atoms with Crippen molar-refractivity contribution < 1.29 is 0 Å². The van der Waals surface area contributed by atoms with E-state index >= 15 is 0 Å². The van der Waals surface area contributed by atoms with Gasteiger partial charge in [-0.05, 0) is 12.0 Å². The second-order valence-corrected chi connectivity index (χ2v) is 3.33. The van der Waals surface area contributed by atoms with Gasteiger partial charge in [-0.2, -0.15) is 0 Å². The Balaban J connectivity index is 2.57. The molecule has 13 heavy (non-hydrogen) atoms. The predicted molar refractivity (Wildman–Crippen MR) is 53.3 cm³/mol. The summed E-state index contributed by atoms with van der Waals surface area (Å²) in [7, 11) is 0. The highest BCUT2D eigenvalue weighted by Gasteiger charge is 2.10. The highest BCUT2D eigenvalue weighted by molar-refractivity contribution is 5.33. The lowest BCUT2D eigenvalue weighted by Crippen LogP contribution is -2.33. The predicted octanol–water partition coefficient (Wildman–Crippen LogP) is 0.872. The van der Waals surface area contributed by atoms with E-state index in [0.717, 1.165) is 5.82 Å². The zero-order valence-corrected chi connectivity index (χ0v) is 8.07. The highest BCUT2D eigenvalue weighted by Crippen LogP contribution is 2.07. The van der Waals surface area contributed by atoms with Crippen LogP contribution >= 0.6 is 0 Å². The molecule has 0 aliphatic rings. The Morgan fingerprint density at radius 2 is 2.31 bits per heavy atom. The molecule has 0 bridgehead atoms. The van der Waals surface area contributed by atoms with E-state index in [1.165, 1.54) is 6.33 Å². The fraction of sp³-hybridized carbons (Fsp3) is 0.556. The number of nitrogens with two attached hydrogens (primary N) is 1. The Morgan fingerprint density at radius 1 is 1.54 bits per heavy atom. The molecule has 0 radical (unpaired) electrons. The molecule has 3 N–H and O–H groups in total. The van der Waals surface area contributed by atoms with Crippen LogP contribution in [0.15, 0.2) is 18.6 Å². The summed E-state index contributed by atoms with van der Waals surface area (Å²) in [6.07, 6.45) is 3.24. The van der Waals surface area contributed by atoms with Crippen LogP contribution in [0.2, 0.25) is 0 Å². The van der Waals surface area contributed by atoms with E-state index in [0.29, 0.717) is 12.5 Å². The zero-order chi connectivity index (χ0) is 9.68. The average Bonchev–Trinajstić information content (AvgIpc) is 2.15. The first kappa shape index (κ1) is 9.92. The Bertz CT molecular complexity index is 235. The molecular weight excluding hydrogens is 164 g/mol. The lowest BCUT2D eigenvalue weighted by atomic mass is 10.1. The van der Waals surface area contributed by atoms with Crippen molar-refractivity contribution in [1.82, 2.24) is 9.97 Å². The third-order valence-electron chi connectivity index (χ3n) is 1.97. The molecule has 0 fully saturated rings. The maximum Gasteiger partial charge on any atom is 0.129 e. The summed E-state index contributed by atoms with van der Waals surface area (Å²) in [5, 5.41) is 3.25. The molecule has 0 spiro atoms. The number of anilines is 1. The van der Waals surface area contributed by atoms with Crippen molar-refractivity contribution in [2.24, 2.45) is 11.7 Å². The lowest BCUT2D eigenvalue weighted by Gasteiger charge is -2.20. The van der Waals surface area contributed by atoms with E-state index in [1.807, 2.05) is 6.07 Å². The summed E-state index contributed by atoms with van der Waals surface area (Å²) in [5.74, 6) is 1.33. The first-order chi connectivity index (χ1) is 6.24. The minimum atomic E-state index is 0.273. The largest absolute Gasteiger partial charge is 0.366 e.